The first kappa shape index (κ1) is 22.9. The van der Waals surface area contributed by atoms with Crippen LogP contribution in [0.15, 0.2) is 36.4 Å². The van der Waals surface area contributed by atoms with Gasteiger partial charge in [-0.25, -0.2) is 0 Å². The highest BCUT2D eigenvalue weighted by Crippen LogP contribution is 2.15. The minimum atomic E-state index is -0.292. The van der Waals surface area contributed by atoms with Gasteiger partial charge in [0.2, 0.25) is 5.78 Å². The van der Waals surface area contributed by atoms with Crippen LogP contribution < -0.4 is 0 Å². The van der Waals surface area contributed by atoms with Crippen molar-refractivity contribution in [2.24, 2.45) is 7.05 Å². The molecule has 2 aromatic rings. The van der Waals surface area contributed by atoms with Crippen LogP contribution in [-0.4, -0.2) is 40.5 Å². The van der Waals surface area contributed by atoms with Gasteiger partial charge in [-0.05, 0) is 39.1 Å². The third-order valence-electron chi connectivity index (χ3n) is 4.73. The van der Waals surface area contributed by atoms with E-state index in [4.69, 9.17) is 4.74 Å². The van der Waals surface area contributed by atoms with E-state index >= 15 is 0 Å². The van der Waals surface area contributed by atoms with Gasteiger partial charge in [0.05, 0.1) is 12.1 Å². The van der Waals surface area contributed by atoms with E-state index in [1.165, 1.54) is 0 Å². The number of hydrogen-bond acceptors (Lipinski definition) is 4. The predicted octanol–water partition coefficient (Wildman–Crippen LogP) is 3.76. The zero-order valence-corrected chi connectivity index (χ0v) is 17.5. The normalized spacial score (nSPS) is 11.8. The van der Waals surface area contributed by atoms with Gasteiger partial charge in [0.25, 0.3) is 0 Å². The lowest BCUT2D eigenvalue weighted by molar-refractivity contribution is -0.156. The average Bonchev–Trinajstić information content (AvgIpc) is 2.96. The van der Waals surface area contributed by atoms with Gasteiger partial charge >= 0.3 is 5.97 Å². The zero-order valence-electron chi connectivity index (χ0n) is 16.7. The van der Waals surface area contributed by atoms with Gasteiger partial charge < -0.3 is 9.30 Å². The summed E-state index contributed by atoms with van der Waals surface area (Å²) >= 11 is 0. The van der Waals surface area contributed by atoms with Crippen LogP contribution in [0.2, 0.25) is 0 Å². The topological polar surface area (TPSA) is 51.5 Å². The number of esters is 1. The van der Waals surface area contributed by atoms with Crippen molar-refractivity contribution >= 4 is 24.2 Å². The molecule has 1 aromatic carbocycles. The van der Waals surface area contributed by atoms with Crippen molar-refractivity contribution in [1.82, 2.24) is 9.47 Å². The molecule has 0 aliphatic heterocycles. The number of ether oxygens (including phenoxy) is 1. The van der Waals surface area contributed by atoms with Crippen molar-refractivity contribution in [3.05, 3.63) is 58.9 Å². The number of benzene rings is 1. The number of aryl methyl sites for hydroxylation is 1. The van der Waals surface area contributed by atoms with Crippen LogP contribution in [0.1, 0.15) is 48.1 Å². The number of hydrogen-bond donors (Lipinski definition) is 0. The molecule has 0 radical (unpaired) electrons. The third-order valence-corrected chi connectivity index (χ3v) is 4.73. The van der Waals surface area contributed by atoms with Crippen molar-refractivity contribution in [1.29, 1.82) is 0 Å². The van der Waals surface area contributed by atoms with E-state index in [0.717, 1.165) is 24.3 Å². The number of rotatable bonds is 8. The Kier molecular flexibility index (Phi) is 8.73. The van der Waals surface area contributed by atoms with Gasteiger partial charge in [-0.3, -0.25) is 14.5 Å². The van der Waals surface area contributed by atoms with Crippen LogP contribution in [0.4, 0.5) is 0 Å². The molecule has 1 heterocycles. The zero-order chi connectivity index (χ0) is 19.3. The standard InChI is InChI=1S/C21H28N2O3.ClH/c1-6-23(7-2)16(4)26-20(24)14-18-12-13-19(22(18)5)21(25)17-10-8-15(3)9-11-17;/h8-13,16H,6-7,14H2,1-5H3;1H. The highest BCUT2D eigenvalue weighted by molar-refractivity contribution is 6.08. The molecular weight excluding hydrogens is 364 g/mol. The molecule has 2 rings (SSSR count). The van der Waals surface area contributed by atoms with Gasteiger partial charge in [0.1, 0.15) is 0 Å². The van der Waals surface area contributed by atoms with Crippen LogP contribution in [0.25, 0.3) is 0 Å². The number of halogens is 1. The smallest absolute Gasteiger partial charge is 0.313 e. The Labute approximate surface area is 167 Å². The molecule has 0 fully saturated rings. The van der Waals surface area contributed by atoms with E-state index in [-0.39, 0.29) is 36.8 Å². The Balaban J connectivity index is 0.00000364. The molecule has 5 nitrogen and oxygen atoms in total. The fraction of sp³-hybridized carbons (Fsp3) is 0.429. The first-order chi connectivity index (χ1) is 12.4. The Hall–Kier alpha value is -2.11. The summed E-state index contributed by atoms with van der Waals surface area (Å²) in [6.45, 7) is 9.58. The molecule has 0 saturated carbocycles. The lowest BCUT2D eigenvalue weighted by Gasteiger charge is -2.25. The minimum absolute atomic E-state index is 0. The Bertz CT molecular complexity index is 764. The first-order valence-electron chi connectivity index (χ1n) is 9.06. The van der Waals surface area contributed by atoms with Gasteiger partial charge in [-0.15, -0.1) is 12.4 Å². The summed E-state index contributed by atoms with van der Waals surface area (Å²) in [5.74, 6) is -0.344. The van der Waals surface area contributed by atoms with E-state index in [9.17, 15) is 9.59 Å². The number of ketones is 1. The molecule has 0 aliphatic rings. The van der Waals surface area contributed by atoms with Crippen molar-refractivity contribution < 1.29 is 14.3 Å². The van der Waals surface area contributed by atoms with Gasteiger partial charge in [0, 0.05) is 18.3 Å². The predicted molar refractivity (Wildman–Crippen MR) is 109 cm³/mol. The summed E-state index contributed by atoms with van der Waals surface area (Å²) in [6.07, 6.45) is -0.116. The molecule has 0 N–H and O–H groups in total. The Morgan fingerprint density at radius 2 is 1.67 bits per heavy atom. The van der Waals surface area contributed by atoms with Crippen LogP contribution in [0.3, 0.4) is 0 Å². The molecule has 0 aliphatic carbocycles. The number of carbonyl (C=O) groups excluding carboxylic acids is 2. The molecule has 0 spiro atoms. The van der Waals surface area contributed by atoms with Gasteiger partial charge in [0.15, 0.2) is 6.23 Å². The lowest BCUT2D eigenvalue weighted by Crippen LogP contribution is -2.36. The largest absolute Gasteiger partial charge is 0.446 e. The van der Waals surface area contributed by atoms with E-state index in [0.29, 0.717) is 11.3 Å². The maximum atomic E-state index is 12.7. The van der Waals surface area contributed by atoms with E-state index in [1.54, 1.807) is 17.7 Å². The summed E-state index contributed by atoms with van der Waals surface area (Å²) in [7, 11) is 1.80. The third kappa shape index (κ3) is 5.68. The van der Waals surface area contributed by atoms with Crippen molar-refractivity contribution in [3.63, 3.8) is 0 Å². The molecule has 1 aromatic heterocycles. The quantitative estimate of drug-likeness (QED) is 0.390. The monoisotopic (exact) mass is 392 g/mol. The fourth-order valence-corrected chi connectivity index (χ4v) is 3.00. The van der Waals surface area contributed by atoms with Gasteiger partial charge in [-0.1, -0.05) is 43.7 Å². The number of nitrogens with zero attached hydrogens (tertiary/aromatic N) is 2. The van der Waals surface area contributed by atoms with Crippen molar-refractivity contribution in [2.45, 2.75) is 40.3 Å². The summed E-state index contributed by atoms with van der Waals surface area (Å²) in [6, 6.07) is 11.1. The molecule has 1 unspecified atom stereocenters. The SMILES string of the molecule is CCN(CC)C(C)OC(=O)Cc1ccc(C(=O)c2ccc(C)cc2)n1C.Cl. The highest BCUT2D eigenvalue weighted by Gasteiger charge is 2.19. The second-order valence-electron chi connectivity index (χ2n) is 6.45. The second kappa shape index (κ2) is 10.3. The van der Waals surface area contributed by atoms with Gasteiger partial charge in [-0.2, -0.15) is 0 Å². The number of carbonyl (C=O) groups is 2. The van der Waals surface area contributed by atoms with Crippen LogP contribution in [0.5, 0.6) is 0 Å². The van der Waals surface area contributed by atoms with E-state index < -0.39 is 0 Å². The van der Waals surface area contributed by atoms with E-state index in [2.05, 4.69) is 4.90 Å². The molecule has 0 amide bonds. The molecule has 148 valence electrons. The van der Waals surface area contributed by atoms with Crippen LogP contribution in [-0.2, 0) is 23.0 Å². The number of aromatic nitrogens is 1. The average molecular weight is 393 g/mol. The molecular formula is C21H29ClN2O3. The maximum Gasteiger partial charge on any atom is 0.313 e. The highest BCUT2D eigenvalue weighted by atomic mass is 35.5. The first-order valence-corrected chi connectivity index (χ1v) is 9.06. The maximum absolute atomic E-state index is 12.7. The van der Waals surface area contributed by atoms with E-state index in [1.807, 2.05) is 58.0 Å². The summed E-state index contributed by atoms with van der Waals surface area (Å²) in [4.78, 5) is 27.0. The molecule has 1 atom stereocenters. The lowest BCUT2D eigenvalue weighted by atomic mass is 10.1. The summed E-state index contributed by atoms with van der Waals surface area (Å²) in [5.41, 5.74) is 3.07. The molecule has 0 bridgehead atoms. The van der Waals surface area contributed by atoms with Crippen molar-refractivity contribution in [3.8, 4) is 0 Å². The molecule has 0 saturated heterocycles. The minimum Gasteiger partial charge on any atom is -0.446 e. The molecule has 27 heavy (non-hydrogen) atoms. The molecule has 6 heteroatoms. The summed E-state index contributed by atoms with van der Waals surface area (Å²) < 4.78 is 7.28. The Morgan fingerprint density at radius 1 is 1.07 bits per heavy atom. The summed E-state index contributed by atoms with van der Waals surface area (Å²) in [5, 5.41) is 0. The van der Waals surface area contributed by atoms with Crippen LogP contribution in [0, 0.1) is 6.92 Å². The Morgan fingerprint density at radius 3 is 2.22 bits per heavy atom. The van der Waals surface area contributed by atoms with Crippen LogP contribution >= 0.6 is 12.4 Å². The second-order valence-corrected chi connectivity index (χ2v) is 6.45. The fourth-order valence-electron chi connectivity index (χ4n) is 3.00. The van der Waals surface area contributed by atoms with Crippen molar-refractivity contribution in [2.75, 3.05) is 13.1 Å².